The van der Waals surface area contributed by atoms with Gasteiger partial charge in [0.15, 0.2) is 0 Å². The second-order valence-electron chi connectivity index (χ2n) is 10.1. The van der Waals surface area contributed by atoms with Crippen LogP contribution in [-0.2, 0) is 24.4 Å². The van der Waals surface area contributed by atoms with Gasteiger partial charge in [-0.2, -0.15) is 0 Å². The molecule has 234 valence electrons. The number of unbranched alkanes of at least 4 members (excludes halogenated alkanes) is 3. The molecule has 3 N–H and O–H groups in total. The molecular formula is C30H42AlO9P3. The van der Waals surface area contributed by atoms with Crippen molar-refractivity contribution in [3.63, 3.8) is 0 Å². The SMILES string of the molecule is O=P(CCCCO)([O][Al]([O]P(=O)(CCCCO)c1ccccc1)[O]P(=O)(CCCCO)c1ccccc1)c1ccccc1. The van der Waals surface area contributed by atoms with Crippen LogP contribution in [0.4, 0.5) is 0 Å². The van der Waals surface area contributed by atoms with E-state index >= 15 is 0 Å². The van der Waals surface area contributed by atoms with Crippen molar-refractivity contribution in [1.29, 1.82) is 0 Å². The predicted molar refractivity (Wildman–Crippen MR) is 174 cm³/mol. The van der Waals surface area contributed by atoms with Crippen LogP contribution in [0.15, 0.2) is 91.0 Å². The zero-order valence-corrected chi connectivity index (χ0v) is 28.2. The molecule has 0 aliphatic carbocycles. The lowest BCUT2D eigenvalue weighted by molar-refractivity contribution is 0.284. The first kappa shape index (κ1) is 36.1. The number of benzene rings is 3. The van der Waals surface area contributed by atoms with E-state index in [2.05, 4.69) is 0 Å². The minimum Gasteiger partial charge on any atom is -0.402 e. The summed E-state index contributed by atoms with van der Waals surface area (Å²) >= 11 is -3.75. The maximum atomic E-state index is 14.6. The van der Waals surface area contributed by atoms with Crippen LogP contribution in [-0.4, -0.2) is 68.8 Å². The van der Waals surface area contributed by atoms with E-state index < -0.39 is 37.3 Å². The molecule has 0 radical (unpaired) electrons. The number of aliphatic hydroxyl groups is 3. The van der Waals surface area contributed by atoms with Gasteiger partial charge in [-0.05, 0) is 74.9 Å². The van der Waals surface area contributed by atoms with Crippen LogP contribution in [0.5, 0.6) is 0 Å². The van der Waals surface area contributed by atoms with Crippen molar-refractivity contribution < 1.29 is 39.7 Å². The van der Waals surface area contributed by atoms with Gasteiger partial charge in [-0.25, -0.2) is 0 Å². The molecule has 0 fully saturated rings. The highest BCUT2D eigenvalue weighted by Crippen LogP contribution is 2.56. The molecule has 9 nitrogen and oxygen atoms in total. The molecule has 0 saturated carbocycles. The average Bonchev–Trinajstić information content (AvgIpc) is 3.03. The fraction of sp³-hybridized carbons (Fsp3) is 0.400. The Kier molecular flexibility index (Phi) is 15.6. The van der Waals surface area contributed by atoms with Crippen LogP contribution in [0.25, 0.3) is 0 Å². The van der Waals surface area contributed by atoms with Gasteiger partial charge in [-0.1, -0.05) is 54.6 Å². The Hall–Kier alpha value is -1.36. The fourth-order valence-corrected chi connectivity index (χ4v) is 16.6. The summed E-state index contributed by atoms with van der Waals surface area (Å²) in [5.41, 5.74) is 0. The van der Waals surface area contributed by atoms with Gasteiger partial charge in [0.1, 0.15) is 0 Å². The molecule has 0 aliphatic heterocycles. The topological polar surface area (TPSA) is 140 Å². The van der Waals surface area contributed by atoms with Crippen LogP contribution in [0.2, 0.25) is 0 Å². The molecule has 0 saturated heterocycles. The van der Waals surface area contributed by atoms with Gasteiger partial charge in [-0.15, -0.1) is 0 Å². The Morgan fingerprint density at radius 2 is 0.698 bits per heavy atom. The average molecular weight is 667 g/mol. The van der Waals surface area contributed by atoms with Crippen LogP contribution in [0, 0.1) is 0 Å². The Labute approximate surface area is 260 Å². The third kappa shape index (κ3) is 11.2. The monoisotopic (exact) mass is 666 g/mol. The van der Waals surface area contributed by atoms with Gasteiger partial charge in [0, 0.05) is 54.2 Å². The minimum atomic E-state index is -3.75. The summed E-state index contributed by atoms with van der Waals surface area (Å²) in [6.07, 6.45) is 2.62. The minimum absolute atomic E-state index is 0.0775. The van der Waals surface area contributed by atoms with E-state index in [-0.39, 0.29) is 38.3 Å². The Balaban J connectivity index is 2.09. The van der Waals surface area contributed by atoms with Gasteiger partial charge in [0.2, 0.25) is 22.1 Å². The largest absolute Gasteiger partial charge is 0.922 e. The summed E-state index contributed by atoms with van der Waals surface area (Å²) in [6, 6.07) is 25.9. The quantitative estimate of drug-likeness (QED) is 0.0801. The van der Waals surface area contributed by atoms with Gasteiger partial charge in [0.25, 0.3) is 0 Å². The number of aliphatic hydroxyl groups excluding tert-OH is 3. The lowest BCUT2D eigenvalue weighted by Crippen LogP contribution is -2.31. The summed E-state index contributed by atoms with van der Waals surface area (Å²) in [5.74, 6) is 0. The maximum Gasteiger partial charge on any atom is 0.922 e. The van der Waals surface area contributed by atoms with Gasteiger partial charge in [0.05, 0.1) is 0 Å². The van der Waals surface area contributed by atoms with Crippen molar-refractivity contribution >= 4 is 53.2 Å². The van der Waals surface area contributed by atoms with Gasteiger partial charge in [-0.3, -0.25) is 13.7 Å². The van der Waals surface area contributed by atoms with E-state index in [1.165, 1.54) is 0 Å². The van der Waals surface area contributed by atoms with Crippen LogP contribution in [0.3, 0.4) is 0 Å². The summed E-state index contributed by atoms with van der Waals surface area (Å²) in [6.45, 7) is -0.236. The molecule has 13 heteroatoms. The van der Waals surface area contributed by atoms with Crippen LogP contribution in [0.1, 0.15) is 38.5 Å². The highest BCUT2D eigenvalue weighted by atomic mass is 31.2. The molecule has 0 amide bonds. The highest BCUT2D eigenvalue weighted by Gasteiger charge is 2.50. The number of rotatable bonds is 21. The van der Waals surface area contributed by atoms with Crippen molar-refractivity contribution in [2.75, 3.05) is 38.3 Å². The highest BCUT2D eigenvalue weighted by molar-refractivity contribution is 7.71. The van der Waals surface area contributed by atoms with Gasteiger partial charge >= 0.3 is 15.1 Å². The van der Waals surface area contributed by atoms with Crippen molar-refractivity contribution in [3.8, 4) is 0 Å². The van der Waals surface area contributed by atoms with Crippen molar-refractivity contribution in [1.82, 2.24) is 0 Å². The van der Waals surface area contributed by atoms with E-state index in [0.717, 1.165) is 0 Å². The third-order valence-corrected chi connectivity index (χ3v) is 18.9. The standard InChI is InChI=1S/3C10H15O3P.Al/c3*11-8-4-5-9-14(12,13)10-6-2-1-3-7-10;/h3*1-3,6-7,11H,4-5,8-9H2,(H,12,13);/q;;;+3/p-3. The Morgan fingerprint density at radius 3 is 0.930 bits per heavy atom. The molecule has 0 aliphatic rings. The van der Waals surface area contributed by atoms with Crippen molar-refractivity contribution in [2.24, 2.45) is 0 Å². The molecule has 3 aromatic rings. The zero-order chi connectivity index (χ0) is 31.0. The molecule has 3 unspecified atom stereocenters. The van der Waals surface area contributed by atoms with E-state index in [1.807, 2.05) is 0 Å². The first-order valence-corrected chi connectivity index (χ1v) is 21.4. The first-order valence-electron chi connectivity index (χ1n) is 14.6. The van der Waals surface area contributed by atoms with Crippen molar-refractivity contribution in [3.05, 3.63) is 91.0 Å². The number of hydrogen-bond acceptors (Lipinski definition) is 9. The molecule has 0 aromatic heterocycles. The predicted octanol–water partition coefficient (Wildman–Crippen LogP) is 5.15. The summed E-state index contributed by atoms with van der Waals surface area (Å²) in [4.78, 5) is 0. The normalized spacial score (nSPS) is 15.7. The summed E-state index contributed by atoms with van der Waals surface area (Å²) in [5, 5.41) is 29.5. The molecule has 3 rings (SSSR count). The van der Waals surface area contributed by atoms with E-state index in [1.54, 1.807) is 91.0 Å². The lowest BCUT2D eigenvalue weighted by atomic mass is 10.4. The molecule has 3 atom stereocenters. The van der Waals surface area contributed by atoms with Crippen LogP contribution >= 0.6 is 22.1 Å². The molecule has 0 heterocycles. The van der Waals surface area contributed by atoms with E-state index in [9.17, 15) is 29.0 Å². The van der Waals surface area contributed by atoms with Crippen molar-refractivity contribution in [2.45, 2.75) is 38.5 Å². The Morgan fingerprint density at radius 1 is 0.442 bits per heavy atom. The molecule has 3 aromatic carbocycles. The molecule has 43 heavy (non-hydrogen) atoms. The maximum absolute atomic E-state index is 14.6. The zero-order valence-electron chi connectivity index (χ0n) is 24.4. The van der Waals surface area contributed by atoms with E-state index in [4.69, 9.17) is 10.7 Å². The smallest absolute Gasteiger partial charge is 0.402 e. The second kappa shape index (κ2) is 18.6. The molecule has 0 bridgehead atoms. The molecular weight excluding hydrogens is 624 g/mol. The van der Waals surface area contributed by atoms with E-state index in [0.29, 0.717) is 54.4 Å². The third-order valence-electron chi connectivity index (χ3n) is 6.80. The fourth-order valence-electron chi connectivity index (χ4n) is 4.46. The van der Waals surface area contributed by atoms with Crippen LogP contribution < -0.4 is 15.9 Å². The summed E-state index contributed by atoms with van der Waals surface area (Å²) in [7, 11) is -11.1. The summed E-state index contributed by atoms with van der Waals surface area (Å²) < 4.78 is 62.8. The number of hydrogen-bond donors (Lipinski definition) is 3. The Bertz CT molecular complexity index is 1180. The first-order chi connectivity index (χ1) is 20.8. The second-order valence-corrected chi connectivity index (χ2v) is 20.1. The van der Waals surface area contributed by atoms with Gasteiger partial charge < -0.3 is 26.0 Å². The molecule has 0 spiro atoms. The lowest BCUT2D eigenvalue weighted by Gasteiger charge is -2.29.